The van der Waals surface area contributed by atoms with Crippen molar-refractivity contribution in [2.45, 2.75) is 0 Å². The van der Waals surface area contributed by atoms with Crippen molar-refractivity contribution in [1.29, 1.82) is 0 Å². The standard InChI is InChI=1S/C16H19N5O/c1-20-9-11-21(12-10-20)15-8-7-14(18-19-15)17-16(22)13-5-3-2-4-6-13/h2-8H,9-12H2,1H3,(H,17,18,22). The van der Waals surface area contributed by atoms with Crippen LogP contribution < -0.4 is 10.2 Å². The number of aromatic nitrogens is 2. The number of rotatable bonds is 3. The third-order valence-corrected chi connectivity index (χ3v) is 3.76. The Hall–Kier alpha value is -2.47. The normalized spacial score (nSPS) is 15.6. The van der Waals surface area contributed by atoms with Gasteiger partial charge in [0.2, 0.25) is 0 Å². The molecule has 0 bridgehead atoms. The van der Waals surface area contributed by atoms with Crippen LogP contribution in [-0.4, -0.2) is 54.2 Å². The maximum absolute atomic E-state index is 12.0. The van der Waals surface area contributed by atoms with Gasteiger partial charge < -0.3 is 15.1 Å². The van der Waals surface area contributed by atoms with Gasteiger partial charge in [0.15, 0.2) is 11.6 Å². The molecule has 1 fully saturated rings. The van der Waals surface area contributed by atoms with E-state index in [0.29, 0.717) is 11.4 Å². The Morgan fingerprint density at radius 2 is 1.73 bits per heavy atom. The van der Waals surface area contributed by atoms with Crippen molar-refractivity contribution in [3.63, 3.8) is 0 Å². The van der Waals surface area contributed by atoms with Gasteiger partial charge in [0, 0.05) is 31.7 Å². The molecule has 1 aromatic heterocycles. The predicted octanol–water partition coefficient (Wildman–Crippen LogP) is 1.48. The lowest BCUT2D eigenvalue weighted by Crippen LogP contribution is -2.44. The predicted molar refractivity (Wildman–Crippen MR) is 86.1 cm³/mol. The SMILES string of the molecule is CN1CCN(c2ccc(NC(=O)c3ccccc3)nn2)CC1. The van der Waals surface area contributed by atoms with Crippen LogP contribution in [0.15, 0.2) is 42.5 Å². The minimum Gasteiger partial charge on any atom is -0.353 e. The number of nitrogens with one attached hydrogen (secondary N) is 1. The molecular formula is C16H19N5O. The van der Waals surface area contributed by atoms with Crippen molar-refractivity contribution in [2.24, 2.45) is 0 Å². The van der Waals surface area contributed by atoms with E-state index < -0.39 is 0 Å². The van der Waals surface area contributed by atoms with Gasteiger partial charge >= 0.3 is 0 Å². The molecule has 1 aromatic carbocycles. The van der Waals surface area contributed by atoms with E-state index >= 15 is 0 Å². The largest absolute Gasteiger partial charge is 0.353 e. The van der Waals surface area contributed by atoms with Gasteiger partial charge in [0.05, 0.1) is 0 Å². The molecule has 1 saturated heterocycles. The van der Waals surface area contributed by atoms with Crippen molar-refractivity contribution in [2.75, 3.05) is 43.4 Å². The van der Waals surface area contributed by atoms with Crippen LogP contribution in [0.5, 0.6) is 0 Å². The minimum atomic E-state index is -0.178. The molecule has 2 aromatic rings. The second-order valence-electron chi connectivity index (χ2n) is 5.39. The Morgan fingerprint density at radius 3 is 2.36 bits per heavy atom. The van der Waals surface area contributed by atoms with E-state index in [2.05, 4.69) is 32.4 Å². The lowest BCUT2D eigenvalue weighted by atomic mass is 10.2. The molecule has 1 aliphatic heterocycles. The number of nitrogens with zero attached hydrogens (tertiary/aromatic N) is 4. The van der Waals surface area contributed by atoms with E-state index in [1.807, 2.05) is 24.3 Å². The molecule has 22 heavy (non-hydrogen) atoms. The van der Waals surface area contributed by atoms with Crippen molar-refractivity contribution >= 4 is 17.5 Å². The summed E-state index contributed by atoms with van der Waals surface area (Å²) in [5.74, 6) is 1.14. The van der Waals surface area contributed by atoms with Crippen LogP contribution in [0.25, 0.3) is 0 Å². The third-order valence-electron chi connectivity index (χ3n) is 3.76. The second-order valence-corrected chi connectivity index (χ2v) is 5.39. The number of anilines is 2. The molecule has 0 unspecified atom stereocenters. The molecule has 2 heterocycles. The van der Waals surface area contributed by atoms with Crippen LogP contribution in [0.1, 0.15) is 10.4 Å². The van der Waals surface area contributed by atoms with Crippen LogP contribution in [0.4, 0.5) is 11.6 Å². The van der Waals surface area contributed by atoms with Crippen LogP contribution in [0.3, 0.4) is 0 Å². The van der Waals surface area contributed by atoms with Gasteiger partial charge in [-0.25, -0.2) is 0 Å². The van der Waals surface area contributed by atoms with E-state index in [1.165, 1.54) is 0 Å². The molecule has 0 saturated carbocycles. The van der Waals surface area contributed by atoms with Crippen LogP contribution in [0.2, 0.25) is 0 Å². The average Bonchev–Trinajstić information content (AvgIpc) is 2.57. The fourth-order valence-electron chi connectivity index (χ4n) is 2.37. The number of carbonyl (C=O) groups excluding carboxylic acids is 1. The van der Waals surface area contributed by atoms with E-state index in [9.17, 15) is 4.79 Å². The van der Waals surface area contributed by atoms with Crippen LogP contribution in [-0.2, 0) is 0 Å². The summed E-state index contributed by atoms with van der Waals surface area (Å²) in [6.07, 6.45) is 0. The Kier molecular flexibility index (Phi) is 4.29. The van der Waals surface area contributed by atoms with Gasteiger partial charge in [0.25, 0.3) is 5.91 Å². The number of benzene rings is 1. The number of likely N-dealkylation sites (N-methyl/N-ethyl adjacent to an activating group) is 1. The summed E-state index contributed by atoms with van der Waals surface area (Å²) >= 11 is 0. The lowest BCUT2D eigenvalue weighted by molar-refractivity contribution is 0.102. The second kappa shape index (κ2) is 6.53. The fraction of sp³-hybridized carbons (Fsp3) is 0.312. The van der Waals surface area contributed by atoms with Gasteiger partial charge in [-0.3, -0.25) is 4.79 Å². The highest BCUT2D eigenvalue weighted by Crippen LogP contribution is 2.14. The molecule has 0 atom stereocenters. The van der Waals surface area contributed by atoms with Crippen LogP contribution in [0, 0.1) is 0 Å². The number of piperazine rings is 1. The highest BCUT2D eigenvalue weighted by molar-refractivity contribution is 6.03. The molecular weight excluding hydrogens is 278 g/mol. The van der Waals surface area contributed by atoms with Crippen LogP contribution >= 0.6 is 0 Å². The highest BCUT2D eigenvalue weighted by atomic mass is 16.1. The first-order valence-electron chi connectivity index (χ1n) is 7.36. The number of amides is 1. The molecule has 6 nitrogen and oxygen atoms in total. The molecule has 1 N–H and O–H groups in total. The van der Waals surface area contributed by atoms with E-state index in [0.717, 1.165) is 32.0 Å². The summed E-state index contributed by atoms with van der Waals surface area (Å²) in [5.41, 5.74) is 0.604. The quantitative estimate of drug-likeness (QED) is 0.930. The molecule has 0 aliphatic carbocycles. The molecule has 6 heteroatoms. The maximum atomic E-state index is 12.0. The van der Waals surface area contributed by atoms with Gasteiger partial charge in [-0.1, -0.05) is 18.2 Å². The first-order valence-corrected chi connectivity index (χ1v) is 7.36. The van der Waals surface area contributed by atoms with Gasteiger partial charge in [-0.2, -0.15) is 0 Å². The van der Waals surface area contributed by atoms with Gasteiger partial charge in [-0.15, -0.1) is 10.2 Å². The smallest absolute Gasteiger partial charge is 0.256 e. The van der Waals surface area contributed by atoms with Crippen molar-refractivity contribution in [3.05, 3.63) is 48.0 Å². The summed E-state index contributed by atoms with van der Waals surface area (Å²) in [7, 11) is 2.12. The van der Waals surface area contributed by atoms with E-state index in [1.54, 1.807) is 18.2 Å². The maximum Gasteiger partial charge on any atom is 0.256 e. The van der Waals surface area contributed by atoms with Crippen molar-refractivity contribution < 1.29 is 4.79 Å². The molecule has 0 spiro atoms. The summed E-state index contributed by atoms with van der Waals surface area (Å²) in [6.45, 7) is 3.93. The number of hydrogen-bond donors (Lipinski definition) is 1. The summed E-state index contributed by atoms with van der Waals surface area (Å²) in [6, 6.07) is 12.8. The van der Waals surface area contributed by atoms with Gasteiger partial charge in [0.1, 0.15) is 0 Å². The van der Waals surface area contributed by atoms with Crippen molar-refractivity contribution in [1.82, 2.24) is 15.1 Å². The molecule has 1 aliphatic rings. The molecule has 1 amide bonds. The zero-order valence-corrected chi connectivity index (χ0v) is 12.6. The van der Waals surface area contributed by atoms with Gasteiger partial charge in [-0.05, 0) is 31.3 Å². The summed E-state index contributed by atoms with van der Waals surface area (Å²) in [5, 5.41) is 11.1. The average molecular weight is 297 g/mol. The Bertz CT molecular complexity index is 621. The van der Waals surface area contributed by atoms with E-state index in [-0.39, 0.29) is 5.91 Å². The molecule has 0 radical (unpaired) electrons. The Morgan fingerprint density at radius 1 is 1.00 bits per heavy atom. The number of carbonyl (C=O) groups is 1. The van der Waals surface area contributed by atoms with Crippen molar-refractivity contribution in [3.8, 4) is 0 Å². The minimum absolute atomic E-state index is 0.178. The monoisotopic (exact) mass is 297 g/mol. The highest BCUT2D eigenvalue weighted by Gasteiger charge is 2.15. The molecule has 114 valence electrons. The number of hydrogen-bond acceptors (Lipinski definition) is 5. The Labute approximate surface area is 129 Å². The molecule has 3 rings (SSSR count). The zero-order valence-electron chi connectivity index (χ0n) is 12.6. The Balaban J connectivity index is 1.63. The topological polar surface area (TPSA) is 61.4 Å². The van der Waals surface area contributed by atoms with E-state index in [4.69, 9.17) is 0 Å². The summed E-state index contributed by atoms with van der Waals surface area (Å²) < 4.78 is 0. The zero-order chi connectivity index (χ0) is 15.4. The third kappa shape index (κ3) is 3.40. The first-order chi connectivity index (χ1) is 10.7. The lowest BCUT2D eigenvalue weighted by Gasteiger charge is -2.32. The fourth-order valence-corrected chi connectivity index (χ4v) is 2.37. The summed E-state index contributed by atoms with van der Waals surface area (Å²) in [4.78, 5) is 16.5. The first kappa shape index (κ1) is 14.5.